The molecule has 7 nitrogen and oxygen atoms in total. The molecule has 0 amide bonds. The second kappa shape index (κ2) is 7.71. The van der Waals surface area contributed by atoms with Crippen molar-refractivity contribution in [3.8, 4) is 0 Å². The van der Waals surface area contributed by atoms with Crippen LogP contribution in [0.25, 0.3) is 0 Å². The molecule has 148 valence electrons. The maximum absolute atomic E-state index is 12.5. The van der Waals surface area contributed by atoms with Crippen molar-refractivity contribution in [2.24, 2.45) is 5.92 Å². The van der Waals surface area contributed by atoms with Crippen LogP contribution in [0.1, 0.15) is 36.7 Å². The molecule has 0 unspecified atom stereocenters. The van der Waals surface area contributed by atoms with Gasteiger partial charge in [0.2, 0.25) is 5.89 Å². The van der Waals surface area contributed by atoms with Crippen LogP contribution in [-0.4, -0.2) is 37.7 Å². The Morgan fingerprint density at radius 3 is 2.48 bits per heavy atom. The fourth-order valence-electron chi connectivity index (χ4n) is 2.93. The molecule has 2 aromatic rings. The van der Waals surface area contributed by atoms with Crippen molar-refractivity contribution in [3.05, 3.63) is 40.2 Å². The molecule has 0 radical (unpaired) electrons. The van der Waals surface area contributed by atoms with Crippen LogP contribution in [0.15, 0.2) is 21.6 Å². The zero-order valence-corrected chi connectivity index (χ0v) is 14.0. The summed E-state index contributed by atoms with van der Waals surface area (Å²) in [5.74, 6) is -1.35. The number of hydrogen-bond acceptors (Lipinski definition) is 6. The lowest BCUT2D eigenvalue weighted by Gasteiger charge is -2.31. The Labute approximate surface area is 149 Å². The Morgan fingerprint density at radius 1 is 1.22 bits per heavy atom. The zero-order valence-electron chi connectivity index (χ0n) is 14.0. The van der Waals surface area contributed by atoms with Gasteiger partial charge in [0.1, 0.15) is 5.69 Å². The topological polar surface area (TPSA) is 77.1 Å². The summed E-state index contributed by atoms with van der Waals surface area (Å²) in [5, 5.41) is 6.39. The van der Waals surface area contributed by atoms with Crippen LogP contribution in [-0.2, 0) is 19.3 Å². The number of aromatic nitrogens is 4. The highest BCUT2D eigenvalue weighted by Gasteiger charge is 2.38. The summed E-state index contributed by atoms with van der Waals surface area (Å²) in [6, 6.07) is 0.827. The lowest BCUT2D eigenvalue weighted by Crippen LogP contribution is -2.36. The average Bonchev–Trinajstić information content (AvgIpc) is 3.07. The Balaban J connectivity index is 1.52. The van der Waals surface area contributed by atoms with E-state index in [4.69, 9.17) is 0 Å². The third-order valence-corrected chi connectivity index (χ3v) is 4.35. The molecule has 0 N–H and O–H groups in total. The van der Waals surface area contributed by atoms with E-state index in [1.165, 1.54) is 4.57 Å². The molecule has 1 aliphatic heterocycles. The third-order valence-electron chi connectivity index (χ3n) is 4.35. The van der Waals surface area contributed by atoms with E-state index in [0.717, 1.165) is 12.4 Å². The fourth-order valence-corrected chi connectivity index (χ4v) is 2.93. The summed E-state index contributed by atoms with van der Waals surface area (Å²) in [7, 11) is 0. The Bertz CT molecular complexity index is 826. The van der Waals surface area contributed by atoms with E-state index in [1.54, 1.807) is 0 Å². The number of alkyl halides is 5. The molecule has 1 saturated heterocycles. The van der Waals surface area contributed by atoms with E-state index < -0.39 is 29.7 Å². The first kappa shape index (κ1) is 19.4. The molecule has 3 heterocycles. The first-order valence-corrected chi connectivity index (χ1v) is 8.19. The Kier molecular flexibility index (Phi) is 5.53. The monoisotopic (exact) mass is 393 g/mol. The van der Waals surface area contributed by atoms with E-state index in [1.807, 2.05) is 4.90 Å². The molecule has 0 saturated carbocycles. The fraction of sp³-hybridized carbons (Fsp3) is 0.600. The van der Waals surface area contributed by atoms with Gasteiger partial charge >= 0.3 is 12.1 Å². The standard InChI is InChI=1S/C15H16F5N5O2/c16-13(17)10-5-12(26)25(8-21-10)6-9-1-3-24(4-2-9)7-11-22-23-14(27-11)15(18,19)20/h5,8-9,13H,1-4,6-7H2. The van der Waals surface area contributed by atoms with Gasteiger partial charge < -0.3 is 4.42 Å². The second-order valence-electron chi connectivity index (χ2n) is 6.32. The molecule has 2 aromatic heterocycles. The highest BCUT2D eigenvalue weighted by atomic mass is 19.4. The quantitative estimate of drug-likeness (QED) is 0.727. The van der Waals surface area contributed by atoms with Crippen molar-refractivity contribution >= 4 is 0 Å². The van der Waals surface area contributed by atoms with Crippen LogP contribution in [0.4, 0.5) is 22.0 Å². The molecule has 1 fully saturated rings. The number of rotatable bonds is 5. The van der Waals surface area contributed by atoms with Crippen LogP contribution in [0, 0.1) is 5.92 Å². The number of hydrogen-bond donors (Lipinski definition) is 0. The summed E-state index contributed by atoms with van der Waals surface area (Å²) in [5.41, 5.74) is -1.09. The molecule has 1 aliphatic rings. The summed E-state index contributed by atoms with van der Waals surface area (Å²) in [6.45, 7) is 1.61. The molecule has 0 atom stereocenters. The molecule has 0 spiro atoms. The summed E-state index contributed by atoms with van der Waals surface area (Å²) in [6.07, 6.45) is -4.97. The van der Waals surface area contributed by atoms with E-state index in [9.17, 15) is 26.7 Å². The SMILES string of the molecule is O=c1cc(C(F)F)ncn1CC1CCN(Cc2nnc(C(F)(F)F)o2)CC1. The summed E-state index contributed by atoms with van der Waals surface area (Å²) >= 11 is 0. The van der Waals surface area contributed by atoms with Crippen molar-refractivity contribution in [1.82, 2.24) is 24.6 Å². The predicted molar refractivity (Wildman–Crippen MR) is 80.8 cm³/mol. The van der Waals surface area contributed by atoms with E-state index in [-0.39, 0.29) is 18.4 Å². The highest BCUT2D eigenvalue weighted by molar-refractivity contribution is 5.01. The first-order chi connectivity index (χ1) is 12.7. The minimum atomic E-state index is -4.67. The smallest absolute Gasteiger partial charge is 0.416 e. The molecule has 27 heavy (non-hydrogen) atoms. The molecular weight excluding hydrogens is 377 g/mol. The predicted octanol–water partition coefficient (Wildman–Crippen LogP) is 2.49. The van der Waals surface area contributed by atoms with Crippen molar-refractivity contribution in [2.75, 3.05) is 13.1 Å². The number of halogens is 5. The third kappa shape index (κ3) is 4.87. The molecule has 0 bridgehead atoms. The second-order valence-corrected chi connectivity index (χ2v) is 6.32. The molecule has 0 aliphatic carbocycles. The number of piperidine rings is 1. The molecule has 3 rings (SSSR count). The van der Waals surface area contributed by atoms with Crippen LogP contribution in [0.3, 0.4) is 0 Å². The minimum Gasteiger partial charge on any atom is -0.416 e. The Morgan fingerprint density at radius 2 is 1.93 bits per heavy atom. The van der Waals surface area contributed by atoms with Gasteiger partial charge in [0.25, 0.3) is 12.0 Å². The van der Waals surface area contributed by atoms with E-state index in [2.05, 4.69) is 19.6 Å². The van der Waals surface area contributed by atoms with Gasteiger partial charge in [-0.3, -0.25) is 14.3 Å². The first-order valence-electron chi connectivity index (χ1n) is 8.19. The molecule has 12 heteroatoms. The molecule has 0 aromatic carbocycles. The van der Waals surface area contributed by atoms with E-state index in [0.29, 0.717) is 32.5 Å². The highest BCUT2D eigenvalue weighted by Crippen LogP contribution is 2.28. The Hall–Kier alpha value is -2.37. The van der Waals surface area contributed by atoms with Gasteiger partial charge in [-0.05, 0) is 31.8 Å². The molecular formula is C15H16F5N5O2. The van der Waals surface area contributed by atoms with Crippen LogP contribution >= 0.6 is 0 Å². The van der Waals surface area contributed by atoms with Crippen molar-refractivity contribution in [1.29, 1.82) is 0 Å². The van der Waals surface area contributed by atoms with Gasteiger partial charge in [-0.25, -0.2) is 13.8 Å². The number of likely N-dealkylation sites (tertiary alicyclic amines) is 1. The van der Waals surface area contributed by atoms with Gasteiger partial charge in [-0.15, -0.1) is 10.2 Å². The van der Waals surface area contributed by atoms with Gasteiger partial charge in [-0.1, -0.05) is 0 Å². The maximum atomic E-state index is 12.5. The lowest BCUT2D eigenvalue weighted by atomic mass is 9.96. The largest absolute Gasteiger partial charge is 0.470 e. The van der Waals surface area contributed by atoms with Crippen LogP contribution in [0.5, 0.6) is 0 Å². The normalized spacial score (nSPS) is 17.0. The zero-order chi connectivity index (χ0) is 19.6. The summed E-state index contributed by atoms with van der Waals surface area (Å²) < 4.78 is 68.3. The maximum Gasteiger partial charge on any atom is 0.470 e. The summed E-state index contributed by atoms with van der Waals surface area (Å²) in [4.78, 5) is 17.3. The number of nitrogens with zero attached hydrogens (tertiary/aromatic N) is 5. The van der Waals surface area contributed by atoms with Crippen molar-refractivity contribution < 1.29 is 26.4 Å². The van der Waals surface area contributed by atoms with E-state index >= 15 is 0 Å². The minimum absolute atomic E-state index is 0.108. The lowest BCUT2D eigenvalue weighted by molar-refractivity contribution is -0.157. The van der Waals surface area contributed by atoms with Gasteiger partial charge in [0.15, 0.2) is 0 Å². The van der Waals surface area contributed by atoms with Gasteiger partial charge in [0.05, 0.1) is 12.9 Å². The van der Waals surface area contributed by atoms with Crippen molar-refractivity contribution in [2.45, 2.75) is 38.5 Å². The van der Waals surface area contributed by atoms with Crippen molar-refractivity contribution in [3.63, 3.8) is 0 Å². The van der Waals surface area contributed by atoms with Gasteiger partial charge in [0, 0.05) is 12.6 Å². The van der Waals surface area contributed by atoms with Crippen LogP contribution in [0.2, 0.25) is 0 Å². The van der Waals surface area contributed by atoms with Crippen LogP contribution < -0.4 is 5.56 Å². The average molecular weight is 393 g/mol. The van der Waals surface area contributed by atoms with Gasteiger partial charge in [-0.2, -0.15) is 13.2 Å².